The molecule has 0 unspecified atom stereocenters. The van der Waals surface area contributed by atoms with Gasteiger partial charge in [-0.3, -0.25) is 0 Å². The molecule has 0 aliphatic carbocycles. The second-order valence-electron chi connectivity index (χ2n) is 4.36. The van der Waals surface area contributed by atoms with Gasteiger partial charge in [-0.25, -0.2) is 22.5 Å². The van der Waals surface area contributed by atoms with Gasteiger partial charge in [-0.15, -0.1) is 11.3 Å². The van der Waals surface area contributed by atoms with Gasteiger partial charge in [0.15, 0.2) is 0 Å². The summed E-state index contributed by atoms with van der Waals surface area (Å²) in [5.41, 5.74) is 0.528. The van der Waals surface area contributed by atoms with E-state index in [0.717, 1.165) is 11.1 Å². The molecule has 1 heterocycles. The van der Waals surface area contributed by atoms with Crippen molar-refractivity contribution < 1.29 is 12.8 Å². The highest BCUT2D eigenvalue weighted by Gasteiger charge is 2.18. The molecule has 0 bridgehead atoms. The molecule has 5 nitrogen and oxygen atoms in total. The third kappa shape index (κ3) is 4.31. The standard InChI is InChI=1S/C13H16FN3O2S2/c1-15-9-10-2-3-11(14)8-12(10)21(18,19)17-5-4-13-16-6-7-20-13/h2-3,6-8,15,17H,4-5,9H2,1H3. The van der Waals surface area contributed by atoms with Crippen molar-refractivity contribution in [1.29, 1.82) is 0 Å². The van der Waals surface area contributed by atoms with Crippen molar-refractivity contribution in [2.45, 2.75) is 17.9 Å². The van der Waals surface area contributed by atoms with Crippen molar-refractivity contribution in [2.75, 3.05) is 13.6 Å². The Labute approximate surface area is 127 Å². The lowest BCUT2D eigenvalue weighted by Crippen LogP contribution is -2.27. The van der Waals surface area contributed by atoms with Gasteiger partial charge in [-0.2, -0.15) is 0 Å². The molecule has 0 atom stereocenters. The fourth-order valence-electron chi connectivity index (χ4n) is 1.86. The van der Waals surface area contributed by atoms with Gasteiger partial charge in [0.25, 0.3) is 0 Å². The smallest absolute Gasteiger partial charge is 0.241 e. The highest BCUT2D eigenvalue weighted by Crippen LogP contribution is 2.17. The lowest BCUT2D eigenvalue weighted by Gasteiger charge is -2.11. The Morgan fingerprint density at radius 1 is 1.38 bits per heavy atom. The number of thiazole rings is 1. The summed E-state index contributed by atoms with van der Waals surface area (Å²) in [5, 5.41) is 5.56. The lowest BCUT2D eigenvalue weighted by molar-refractivity contribution is 0.574. The summed E-state index contributed by atoms with van der Waals surface area (Å²) in [4.78, 5) is 4.05. The quantitative estimate of drug-likeness (QED) is 0.808. The van der Waals surface area contributed by atoms with Gasteiger partial charge in [0.1, 0.15) is 5.82 Å². The third-order valence-electron chi connectivity index (χ3n) is 2.80. The molecule has 0 fully saturated rings. The van der Waals surface area contributed by atoms with Crippen LogP contribution in [0.1, 0.15) is 10.6 Å². The average molecular weight is 329 g/mol. The molecule has 21 heavy (non-hydrogen) atoms. The Bertz CT molecular complexity index is 687. The van der Waals surface area contributed by atoms with Gasteiger partial charge in [-0.05, 0) is 24.7 Å². The Hall–Kier alpha value is -1.35. The largest absolute Gasteiger partial charge is 0.316 e. The van der Waals surface area contributed by atoms with Crippen molar-refractivity contribution in [1.82, 2.24) is 15.0 Å². The lowest BCUT2D eigenvalue weighted by atomic mass is 10.2. The molecule has 0 saturated heterocycles. The predicted octanol–water partition coefficient (Wildman–Crippen LogP) is 1.52. The van der Waals surface area contributed by atoms with Gasteiger partial charge in [0.2, 0.25) is 10.0 Å². The minimum absolute atomic E-state index is 0.0315. The summed E-state index contributed by atoms with van der Waals surface area (Å²) in [5.74, 6) is -0.574. The third-order valence-corrected chi connectivity index (χ3v) is 5.18. The maximum Gasteiger partial charge on any atom is 0.241 e. The Morgan fingerprint density at radius 3 is 2.86 bits per heavy atom. The first-order valence-electron chi connectivity index (χ1n) is 6.34. The van der Waals surface area contributed by atoms with Crippen LogP contribution in [-0.4, -0.2) is 27.0 Å². The SMILES string of the molecule is CNCc1ccc(F)cc1S(=O)(=O)NCCc1nccs1. The molecule has 8 heteroatoms. The van der Waals surface area contributed by atoms with E-state index in [4.69, 9.17) is 0 Å². The van der Waals surface area contributed by atoms with Crippen LogP contribution in [0.25, 0.3) is 0 Å². The number of hydrogen-bond donors (Lipinski definition) is 2. The summed E-state index contributed by atoms with van der Waals surface area (Å²) in [7, 11) is -2.04. The van der Waals surface area contributed by atoms with E-state index in [0.29, 0.717) is 18.5 Å². The Balaban J connectivity index is 2.12. The molecule has 0 radical (unpaired) electrons. The van der Waals surface area contributed by atoms with E-state index < -0.39 is 15.8 Å². The number of rotatable bonds is 7. The van der Waals surface area contributed by atoms with Crippen molar-refractivity contribution >= 4 is 21.4 Å². The van der Waals surface area contributed by atoms with Gasteiger partial charge in [0.05, 0.1) is 9.90 Å². The van der Waals surface area contributed by atoms with E-state index in [9.17, 15) is 12.8 Å². The molecule has 0 spiro atoms. The predicted molar refractivity (Wildman–Crippen MR) is 80.2 cm³/mol. The van der Waals surface area contributed by atoms with Crippen molar-refractivity contribution in [3.63, 3.8) is 0 Å². The van der Waals surface area contributed by atoms with E-state index in [1.54, 1.807) is 13.2 Å². The molecule has 1 aromatic carbocycles. The first kappa shape index (κ1) is 16.0. The van der Waals surface area contributed by atoms with Gasteiger partial charge in [0, 0.05) is 31.1 Å². The molecule has 0 aliphatic heterocycles. The van der Waals surface area contributed by atoms with Crippen LogP contribution in [0.4, 0.5) is 4.39 Å². The zero-order valence-corrected chi connectivity index (χ0v) is 13.1. The summed E-state index contributed by atoms with van der Waals surface area (Å²) >= 11 is 1.47. The fourth-order valence-corrected chi connectivity index (χ4v) is 3.76. The highest BCUT2D eigenvalue weighted by molar-refractivity contribution is 7.89. The van der Waals surface area contributed by atoms with Crippen LogP contribution in [-0.2, 0) is 23.0 Å². The topological polar surface area (TPSA) is 71.1 Å². The Kier molecular flexibility index (Phi) is 5.40. The number of benzene rings is 1. The average Bonchev–Trinajstić information content (AvgIpc) is 2.94. The molecular weight excluding hydrogens is 313 g/mol. The van der Waals surface area contributed by atoms with Crippen LogP contribution in [0.3, 0.4) is 0 Å². The summed E-state index contributed by atoms with van der Waals surface area (Å²) < 4.78 is 40.4. The summed E-state index contributed by atoms with van der Waals surface area (Å²) in [6.07, 6.45) is 2.18. The molecule has 0 amide bonds. The molecule has 2 N–H and O–H groups in total. The molecule has 2 rings (SSSR count). The van der Waals surface area contributed by atoms with E-state index in [-0.39, 0.29) is 11.4 Å². The highest BCUT2D eigenvalue weighted by atomic mass is 32.2. The number of halogens is 1. The first-order valence-corrected chi connectivity index (χ1v) is 8.70. The zero-order valence-electron chi connectivity index (χ0n) is 11.5. The zero-order chi connectivity index (χ0) is 15.3. The first-order chi connectivity index (χ1) is 10.0. The van der Waals surface area contributed by atoms with E-state index in [2.05, 4.69) is 15.0 Å². The van der Waals surface area contributed by atoms with Crippen LogP contribution in [0.15, 0.2) is 34.7 Å². The minimum atomic E-state index is -3.74. The Morgan fingerprint density at radius 2 is 2.19 bits per heavy atom. The van der Waals surface area contributed by atoms with E-state index >= 15 is 0 Å². The van der Waals surface area contributed by atoms with Crippen LogP contribution >= 0.6 is 11.3 Å². The normalized spacial score (nSPS) is 11.7. The molecular formula is C13H16FN3O2S2. The van der Waals surface area contributed by atoms with E-state index in [1.807, 2.05) is 5.38 Å². The van der Waals surface area contributed by atoms with Gasteiger partial charge in [-0.1, -0.05) is 6.07 Å². The molecule has 0 saturated carbocycles. The number of nitrogens with zero attached hydrogens (tertiary/aromatic N) is 1. The van der Waals surface area contributed by atoms with Crippen LogP contribution < -0.4 is 10.0 Å². The number of aromatic nitrogens is 1. The minimum Gasteiger partial charge on any atom is -0.316 e. The molecule has 114 valence electrons. The van der Waals surface area contributed by atoms with E-state index in [1.165, 1.54) is 23.5 Å². The fraction of sp³-hybridized carbons (Fsp3) is 0.308. The maximum absolute atomic E-state index is 13.3. The second kappa shape index (κ2) is 7.08. The number of hydrogen-bond acceptors (Lipinski definition) is 5. The van der Waals surface area contributed by atoms with Gasteiger partial charge >= 0.3 is 0 Å². The monoisotopic (exact) mass is 329 g/mol. The number of sulfonamides is 1. The van der Waals surface area contributed by atoms with Crippen molar-refractivity contribution in [2.24, 2.45) is 0 Å². The van der Waals surface area contributed by atoms with Crippen LogP contribution in [0.5, 0.6) is 0 Å². The molecule has 0 aliphatic rings. The van der Waals surface area contributed by atoms with Gasteiger partial charge < -0.3 is 5.32 Å². The second-order valence-corrected chi connectivity index (χ2v) is 7.07. The molecule has 2 aromatic rings. The number of nitrogens with one attached hydrogen (secondary N) is 2. The summed E-state index contributed by atoms with van der Waals surface area (Å²) in [6, 6.07) is 3.76. The summed E-state index contributed by atoms with van der Waals surface area (Å²) in [6.45, 7) is 0.578. The van der Waals surface area contributed by atoms with Crippen LogP contribution in [0, 0.1) is 5.82 Å². The van der Waals surface area contributed by atoms with Crippen LogP contribution in [0.2, 0.25) is 0 Å². The molecule has 1 aromatic heterocycles. The van der Waals surface area contributed by atoms with Crippen molar-refractivity contribution in [3.8, 4) is 0 Å². The maximum atomic E-state index is 13.3. The van der Waals surface area contributed by atoms with Crippen molar-refractivity contribution in [3.05, 3.63) is 46.2 Å².